The van der Waals surface area contributed by atoms with Crippen LogP contribution in [0.4, 0.5) is 0 Å². The Morgan fingerprint density at radius 1 is 1.35 bits per heavy atom. The molecule has 1 aromatic rings. The molecule has 1 unspecified atom stereocenters. The van der Waals surface area contributed by atoms with Crippen LogP contribution >= 0.6 is 0 Å². The van der Waals surface area contributed by atoms with Crippen LogP contribution in [-0.4, -0.2) is 50.8 Å². The molecule has 1 heterocycles. The summed E-state index contributed by atoms with van der Waals surface area (Å²) in [5, 5.41) is 3.09. The van der Waals surface area contributed by atoms with Gasteiger partial charge in [-0.3, -0.25) is 9.69 Å². The minimum atomic E-state index is 0.112. The van der Waals surface area contributed by atoms with Crippen LogP contribution in [0.1, 0.15) is 31.9 Å². The van der Waals surface area contributed by atoms with Crippen LogP contribution in [-0.2, 0) is 9.53 Å². The van der Waals surface area contributed by atoms with Crippen LogP contribution < -0.4 is 10.1 Å². The van der Waals surface area contributed by atoms with Crippen molar-refractivity contribution in [3.63, 3.8) is 0 Å². The van der Waals surface area contributed by atoms with E-state index in [0.717, 1.165) is 37.6 Å². The second kappa shape index (κ2) is 8.89. The van der Waals surface area contributed by atoms with E-state index in [4.69, 9.17) is 9.47 Å². The Kier molecular flexibility index (Phi) is 6.86. The third-order valence-corrected chi connectivity index (χ3v) is 4.05. The van der Waals surface area contributed by atoms with Gasteiger partial charge in [0, 0.05) is 26.1 Å². The van der Waals surface area contributed by atoms with Gasteiger partial charge >= 0.3 is 0 Å². The van der Waals surface area contributed by atoms with Crippen LogP contribution in [0.25, 0.3) is 0 Å². The van der Waals surface area contributed by atoms with Gasteiger partial charge in [-0.2, -0.15) is 0 Å². The fraction of sp³-hybridized carbons (Fsp3) is 0.611. The Morgan fingerprint density at radius 3 is 2.74 bits per heavy atom. The molecular formula is C18H28N2O3. The number of morpholine rings is 1. The molecule has 0 saturated carbocycles. The highest BCUT2D eigenvalue weighted by atomic mass is 16.5. The first-order valence-corrected chi connectivity index (χ1v) is 8.32. The smallest absolute Gasteiger partial charge is 0.220 e. The molecule has 0 aromatic heterocycles. The van der Waals surface area contributed by atoms with E-state index < -0.39 is 0 Å². The number of carbonyl (C=O) groups is 1. The second-order valence-electron chi connectivity index (χ2n) is 6.34. The van der Waals surface area contributed by atoms with E-state index in [1.165, 1.54) is 0 Å². The molecule has 1 aliphatic heterocycles. The molecule has 1 aromatic carbocycles. The molecule has 1 amide bonds. The van der Waals surface area contributed by atoms with E-state index >= 15 is 0 Å². The molecule has 1 aliphatic rings. The lowest BCUT2D eigenvalue weighted by Gasteiger charge is -2.35. The standard InChI is InChI=1S/C18H28N2O3/c1-14(2)11-18(21)19-13-17(20-7-9-23-10-8-20)15-5-4-6-16(12-15)22-3/h4-6,12,14,17H,7-11,13H2,1-3H3,(H,19,21). The zero-order valence-corrected chi connectivity index (χ0v) is 14.4. The third-order valence-electron chi connectivity index (χ3n) is 4.05. The zero-order chi connectivity index (χ0) is 16.7. The van der Waals surface area contributed by atoms with Crippen molar-refractivity contribution >= 4 is 5.91 Å². The molecule has 128 valence electrons. The van der Waals surface area contributed by atoms with E-state index in [9.17, 15) is 4.79 Å². The second-order valence-corrected chi connectivity index (χ2v) is 6.34. The number of nitrogens with one attached hydrogen (secondary N) is 1. The maximum absolute atomic E-state index is 12.0. The number of carbonyl (C=O) groups excluding carboxylic acids is 1. The molecule has 1 N–H and O–H groups in total. The average Bonchev–Trinajstić information content (AvgIpc) is 2.55. The van der Waals surface area contributed by atoms with Crippen molar-refractivity contribution in [1.29, 1.82) is 0 Å². The first-order valence-electron chi connectivity index (χ1n) is 8.32. The van der Waals surface area contributed by atoms with Crippen LogP contribution in [0.3, 0.4) is 0 Å². The predicted octanol–water partition coefficient (Wildman–Crippen LogP) is 2.23. The minimum Gasteiger partial charge on any atom is -0.497 e. The van der Waals surface area contributed by atoms with Crippen molar-refractivity contribution in [3.8, 4) is 5.75 Å². The van der Waals surface area contributed by atoms with E-state index in [-0.39, 0.29) is 11.9 Å². The molecule has 0 bridgehead atoms. The molecule has 1 atom stereocenters. The summed E-state index contributed by atoms with van der Waals surface area (Å²) in [4.78, 5) is 14.4. The summed E-state index contributed by atoms with van der Waals surface area (Å²) in [5.74, 6) is 1.32. The van der Waals surface area contributed by atoms with Crippen molar-refractivity contribution in [1.82, 2.24) is 10.2 Å². The summed E-state index contributed by atoms with van der Waals surface area (Å²) >= 11 is 0. The van der Waals surface area contributed by atoms with Crippen molar-refractivity contribution in [2.75, 3.05) is 40.0 Å². The first kappa shape index (κ1) is 17.8. The van der Waals surface area contributed by atoms with Crippen LogP contribution in [0, 0.1) is 5.92 Å². The number of hydrogen-bond donors (Lipinski definition) is 1. The molecule has 1 fully saturated rings. The highest BCUT2D eigenvalue weighted by Crippen LogP contribution is 2.24. The van der Waals surface area contributed by atoms with Gasteiger partial charge in [0.1, 0.15) is 5.75 Å². The van der Waals surface area contributed by atoms with E-state index in [1.54, 1.807) is 7.11 Å². The number of nitrogens with zero attached hydrogens (tertiary/aromatic N) is 1. The number of ether oxygens (including phenoxy) is 2. The molecule has 5 heteroatoms. The Bertz CT molecular complexity index is 499. The van der Waals surface area contributed by atoms with Gasteiger partial charge in [-0.15, -0.1) is 0 Å². The fourth-order valence-corrected chi connectivity index (χ4v) is 2.85. The monoisotopic (exact) mass is 320 g/mol. The Morgan fingerprint density at radius 2 is 2.09 bits per heavy atom. The van der Waals surface area contributed by atoms with E-state index in [0.29, 0.717) is 18.9 Å². The van der Waals surface area contributed by atoms with Crippen molar-refractivity contribution in [2.45, 2.75) is 26.3 Å². The number of benzene rings is 1. The van der Waals surface area contributed by atoms with Crippen LogP contribution in [0.15, 0.2) is 24.3 Å². The van der Waals surface area contributed by atoms with Crippen molar-refractivity contribution in [3.05, 3.63) is 29.8 Å². The Balaban J connectivity index is 2.09. The molecule has 1 saturated heterocycles. The first-order chi connectivity index (χ1) is 11.1. The Hall–Kier alpha value is -1.59. The average molecular weight is 320 g/mol. The topological polar surface area (TPSA) is 50.8 Å². The van der Waals surface area contributed by atoms with Gasteiger partial charge < -0.3 is 14.8 Å². The lowest BCUT2D eigenvalue weighted by molar-refractivity contribution is -0.122. The maximum atomic E-state index is 12.0. The van der Waals surface area contributed by atoms with Gasteiger partial charge in [0.2, 0.25) is 5.91 Å². The molecular weight excluding hydrogens is 292 g/mol. The minimum absolute atomic E-state index is 0.112. The van der Waals surface area contributed by atoms with Crippen molar-refractivity contribution in [2.24, 2.45) is 5.92 Å². The molecule has 0 aliphatic carbocycles. The summed E-state index contributed by atoms with van der Waals surface area (Å²) in [6.07, 6.45) is 0.563. The summed E-state index contributed by atoms with van der Waals surface area (Å²) in [5.41, 5.74) is 1.16. The fourth-order valence-electron chi connectivity index (χ4n) is 2.85. The summed E-state index contributed by atoms with van der Waals surface area (Å²) in [6, 6.07) is 8.23. The highest BCUT2D eigenvalue weighted by molar-refractivity contribution is 5.76. The van der Waals surface area contributed by atoms with Gasteiger partial charge in [-0.1, -0.05) is 26.0 Å². The number of rotatable bonds is 7. The zero-order valence-electron chi connectivity index (χ0n) is 14.4. The summed E-state index contributed by atoms with van der Waals surface area (Å²) in [6.45, 7) is 7.95. The van der Waals surface area contributed by atoms with Crippen molar-refractivity contribution < 1.29 is 14.3 Å². The quantitative estimate of drug-likeness (QED) is 0.837. The molecule has 0 spiro atoms. The van der Waals surface area contributed by atoms with Gasteiger partial charge in [0.15, 0.2) is 0 Å². The third kappa shape index (κ3) is 5.52. The van der Waals surface area contributed by atoms with Gasteiger partial charge in [-0.25, -0.2) is 0 Å². The molecule has 2 rings (SSSR count). The van der Waals surface area contributed by atoms with Crippen LogP contribution in [0.5, 0.6) is 5.75 Å². The summed E-state index contributed by atoms with van der Waals surface area (Å²) < 4.78 is 10.8. The van der Waals surface area contributed by atoms with Crippen LogP contribution in [0.2, 0.25) is 0 Å². The van der Waals surface area contributed by atoms with Gasteiger partial charge in [-0.05, 0) is 23.6 Å². The summed E-state index contributed by atoms with van der Waals surface area (Å²) in [7, 11) is 1.67. The lowest BCUT2D eigenvalue weighted by Crippen LogP contribution is -2.44. The SMILES string of the molecule is COc1cccc(C(CNC(=O)CC(C)C)N2CCOCC2)c1. The maximum Gasteiger partial charge on any atom is 0.220 e. The molecule has 23 heavy (non-hydrogen) atoms. The Labute approximate surface area is 139 Å². The van der Waals surface area contributed by atoms with E-state index in [2.05, 4.69) is 36.2 Å². The highest BCUT2D eigenvalue weighted by Gasteiger charge is 2.23. The van der Waals surface area contributed by atoms with Gasteiger partial charge in [0.05, 0.1) is 26.4 Å². The lowest BCUT2D eigenvalue weighted by atomic mass is 10.0. The van der Waals surface area contributed by atoms with Gasteiger partial charge in [0.25, 0.3) is 0 Å². The number of hydrogen-bond acceptors (Lipinski definition) is 4. The van der Waals surface area contributed by atoms with E-state index in [1.807, 2.05) is 12.1 Å². The normalized spacial score (nSPS) is 17.0. The number of amides is 1. The molecule has 0 radical (unpaired) electrons. The largest absolute Gasteiger partial charge is 0.497 e. The predicted molar refractivity (Wildman–Crippen MR) is 90.6 cm³/mol. The number of methoxy groups -OCH3 is 1. The molecule has 5 nitrogen and oxygen atoms in total.